The first-order valence-corrected chi connectivity index (χ1v) is 9.90. The summed E-state index contributed by atoms with van der Waals surface area (Å²) >= 11 is 1.33. The van der Waals surface area contributed by atoms with Gasteiger partial charge < -0.3 is 4.74 Å². The summed E-state index contributed by atoms with van der Waals surface area (Å²) in [5, 5.41) is 5.07. The maximum absolute atomic E-state index is 12.4. The SMILES string of the molecule is O=C(Nc1nc(-c2ccc3c(c2)CCCC3)cs1)c1cccc(OC(F)F)c1. The Labute approximate surface area is 165 Å². The highest BCUT2D eigenvalue weighted by Crippen LogP contribution is 2.30. The maximum Gasteiger partial charge on any atom is 0.387 e. The molecule has 1 aromatic heterocycles. The standard InChI is InChI=1S/C21H18F2N2O2S/c22-20(23)27-17-7-3-6-16(11-17)19(26)25-21-24-18(12-28-21)15-9-8-13-4-1-2-5-14(13)10-15/h3,6-12,20H,1-2,4-5H2,(H,24,25,26). The number of anilines is 1. The molecule has 1 amide bonds. The molecule has 0 saturated heterocycles. The van der Waals surface area contributed by atoms with E-state index in [0.717, 1.165) is 24.1 Å². The molecule has 0 bridgehead atoms. The molecule has 0 unspecified atom stereocenters. The maximum atomic E-state index is 12.4. The number of nitrogens with zero attached hydrogens (tertiary/aromatic N) is 1. The van der Waals surface area contributed by atoms with Gasteiger partial charge in [-0.25, -0.2) is 4.98 Å². The molecule has 7 heteroatoms. The van der Waals surface area contributed by atoms with Gasteiger partial charge in [0, 0.05) is 16.5 Å². The Balaban J connectivity index is 1.48. The van der Waals surface area contributed by atoms with Crippen LogP contribution >= 0.6 is 11.3 Å². The topological polar surface area (TPSA) is 51.2 Å². The number of hydrogen-bond acceptors (Lipinski definition) is 4. The molecule has 144 valence electrons. The fourth-order valence-corrected chi connectivity index (χ4v) is 4.05. The van der Waals surface area contributed by atoms with Gasteiger partial charge in [-0.3, -0.25) is 10.1 Å². The third-order valence-corrected chi connectivity index (χ3v) is 5.45. The lowest BCUT2D eigenvalue weighted by molar-refractivity contribution is -0.0498. The van der Waals surface area contributed by atoms with Crippen molar-refractivity contribution in [1.82, 2.24) is 4.98 Å². The smallest absolute Gasteiger partial charge is 0.387 e. The van der Waals surface area contributed by atoms with Crippen LogP contribution in [0.15, 0.2) is 47.8 Å². The Hall–Kier alpha value is -2.80. The van der Waals surface area contributed by atoms with Gasteiger partial charge in [0.25, 0.3) is 5.91 Å². The van der Waals surface area contributed by atoms with Gasteiger partial charge in [0.05, 0.1) is 5.69 Å². The van der Waals surface area contributed by atoms with E-state index in [9.17, 15) is 13.6 Å². The molecule has 1 N–H and O–H groups in total. The van der Waals surface area contributed by atoms with Crippen LogP contribution in [0.4, 0.5) is 13.9 Å². The van der Waals surface area contributed by atoms with Crippen LogP contribution in [-0.4, -0.2) is 17.5 Å². The number of rotatable bonds is 5. The molecule has 4 nitrogen and oxygen atoms in total. The molecular formula is C21H18F2N2O2S. The van der Waals surface area contributed by atoms with Crippen LogP contribution in [0.1, 0.15) is 34.3 Å². The van der Waals surface area contributed by atoms with Crippen molar-refractivity contribution in [3.63, 3.8) is 0 Å². The number of aryl methyl sites for hydroxylation is 2. The molecule has 0 aliphatic heterocycles. The number of alkyl halides is 2. The lowest BCUT2D eigenvalue weighted by Crippen LogP contribution is -2.12. The van der Waals surface area contributed by atoms with Gasteiger partial charge in [0.2, 0.25) is 0 Å². The lowest BCUT2D eigenvalue weighted by Gasteiger charge is -2.16. The summed E-state index contributed by atoms with van der Waals surface area (Å²) in [4.78, 5) is 16.9. The second-order valence-electron chi connectivity index (χ2n) is 6.59. The Kier molecular flexibility index (Phi) is 5.34. The van der Waals surface area contributed by atoms with Crippen LogP contribution in [0.2, 0.25) is 0 Å². The Morgan fingerprint density at radius 2 is 1.93 bits per heavy atom. The van der Waals surface area contributed by atoms with Gasteiger partial charge in [-0.15, -0.1) is 11.3 Å². The van der Waals surface area contributed by atoms with Crippen LogP contribution in [0.3, 0.4) is 0 Å². The Bertz CT molecular complexity index is 1000. The van der Waals surface area contributed by atoms with E-state index in [2.05, 4.69) is 33.2 Å². The zero-order chi connectivity index (χ0) is 19.5. The molecular weight excluding hydrogens is 382 g/mol. The summed E-state index contributed by atoms with van der Waals surface area (Å²) in [6, 6.07) is 12.1. The number of benzene rings is 2. The number of hydrogen-bond donors (Lipinski definition) is 1. The van der Waals surface area contributed by atoms with Crippen molar-refractivity contribution in [2.24, 2.45) is 0 Å². The minimum absolute atomic E-state index is 0.0588. The average molecular weight is 400 g/mol. The lowest BCUT2D eigenvalue weighted by atomic mass is 9.90. The molecule has 2 aromatic carbocycles. The molecule has 4 rings (SSSR count). The highest BCUT2D eigenvalue weighted by molar-refractivity contribution is 7.14. The predicted molar refractivity (Wildman–Crippen MR) is 105 cm³/mol. The van der Waals surface area contributed by atoms with Crippen molar-refractivity contribution in [2.75, 3.05) is 5.32 Å². The number of ether oxygens (including phenoxy) is 1. The van der Waals surface area contributed by atoms with Gasteiger partial charge in [-0.05, 0) is 61.1 Å². The van der Waals surface area contributed by atoms with E-state index in [4.69, 9.17) is 0 Å². The van der Waals surface area contributed by atoms with Crippen molar-refractivity contribution in [3.8, 4) is 17.0 Å². The highest BCUT2D eigenvalue weighted by atomic mass is 32.1. The number of carbonyl (C=O) groups excluding carboxylic acids is 1. The fraction of sp³-hybridized carbons (Fsp3) is 0.238. The van der Waals surface area contributed by atoms with Gasteiger partial charge in [0.15, 0.2) is 5.13 Å². The van der Waals surface area contributed by atoms with E-state index in [1.807, 2.05) is 5.38 Å². The first-order chi connectivity index (χ1) is 13.6. The molecule has 0 fully saturated rings. The third-order valence-electron chi connectivity index (χ3n) is 4.69. The second kappa shape index (κ2) is 8.06. The normalized spacial score (nSPS) is 13.2. The average Bonchev–Trinajstić information content (AvgIpc) is 3.16. The van der Waals surface area contributed by atoms with Crippen molar-refractivity contribution in [1.29, 1.82) is 0 Å². The zero-order valence-electron chi connectivity index (χ0n) is 15.0. The van der Waals surface area contributed by atoms with Crippen LogP contribution < -0.4 is 10.1 Å². The molecule has 1 heterocycles. The zero-order valence-corrected chi connectivity index (χ0v) is 15.8. The van der Waals surface area contributed by atoms with Crippen LogP contribution in [0.25, 0.3) is 11.3 Å². The molecule has 0 saturated carbocycles. The number of fused-ring (bicyclic) bond motifs is 1. The summed E-state index contributed by atoms with van der Waals surface area (Å²) in [5.74, 6) is -0.484. The summed E-state index contributed by atoms with van der Waals surface area (Å²) in [7, 11) is 0. The Morgan fingerprint density at radius 3 is 2.75 bits per heavy atom. The minimum atomic E-state index is -2.93. The first-order valence-electron chi connectivity index (χ1n) is 9.02. The minimum Gasteiger partial charge on any atom is -0.435 e. The highest BCUT2D eigenvalue weighted by Gasteiger charge is 2.14. The molecule has 0 spiro atoms. The van der Waals surface area contributed by atoms with Gasteiger partial charge in [0.1, 0.15) is 5.75 Å². The van der Waals surface area contributed by atoms with Crippen molar-refractivity contribution >= 4 is 22.4 Å². The summed E-state index contributed by atoms with van der Waals surface area (Å²) in [5.41, 5.74) is 4.85. The van der Waals surface area contributed by atoms with E-state index in [-0.39, 0.29) is 11.3 Å². The Morgan fingerprint density at radius 1 is 1.11 bits per heavy atom. The predicted octanol–water partition coefficient (Wildman–Crippen LogP) is 5.54. The monoisotopic (exact) mass is 400 g/mol. The summed E-state index contributed by atoms with van der Waals surface area (Å²) in [6.07, 6.45) is 4.67. The van der Waals surface area contributed by atoms with Crippen LogP contribution in [0, 0.1) is 0 Å². The van der Waals surface area contributed by atoms with Gasteiger partial charge in [-0.1, -0.05) is 18.2 Å². The van der Waals surface area contributed by atoms with E-state index < -0.39 is 12.5 Å². The molecule has 28 heavy (non-hydrogen) atoms. The fourth-order valence-electron chi connectivity index (χ4n) is 3.34. The van der Waals surface area contributed by atoms with Gasteiger partial charge in [-0.2, -0.15) is 8.78 Å². The number of aromatic nitrogens is 1. The summed E-state index contributed by atoms with van der Waals surface area (Å²) in [6.45, 7) is -2.93. The largest absolute Gasteiger partial charge is 0.435 e. The number of carbonyl (C=O) groups is 1. The summed E-state index contributed by atoms with van der Waals surface area (Å²) < 4.78 is 29.0. The number of thiazole rings is 1. The van der Waals surface area contributed by atoms with Gasteiger partial charge >= 0.3 is 6.61 Å². The number of halogens is 2. The van der Waals surface area contributed by atoms with E-state index in [1.165, 1.54) is 59.6 Å². The molecule has 1 aliphatic rings. The molecule has 3 aromatic rings. The number of nitrogens with one attached hydrogen (secondary N) is 1. The van der Waals surface area contributed by atoms with Crippen LogP contribution in [-0.2, 0) is 12.8 Å². The number of amides is 1. The third kappa shape index (κ3) is 4.20. The van der Waals surface area contributed by atoms with E-state index >= 15 is 0 Å². The first kappa shape index (κ1) is 18.6. The van der Waals surface area contributed by atoms with Crippen molar-refractivity contribution < 1.29 is 18.3 Å². The molecule has 0 atom stereocenters. The van der Waals surface area contributed by atoms with Crippen molar-refractivity contribution in [2.45, 2.75) is 32.3 Å². The van der Waals surface area contributed by atoms with E-state index in [1.54, 1.807) is 0 Å². The second-order valence-corrected chi connectivity index (χ2v) is 7.45. The quantitative estimate of drug-likeness (QED) is 0.612. The van der Waals surface area contributed by atoms with E-state index in [0.29, 0.717) is 5.13 Å². The molecule has 1 aliphatic carbocycles. The molecule has 0 radical (unpaired) electrons. The van der Waals surface area contributed by atoms with Crippen LogP contribution in [0.5, 0.6) is 5.75 Å². The van der Waals surface area contributed by atoms with Crippen molar-refractivity contribution in [3.05, 3.63) is 64.5 Å².